The van der Waals surface area contributed by atoms with Crippen molar-refractivity contribution in [2.45, 2.75) is 52.6 Å². The van der Waals surface area contributed by atoms with E-state index in [1.54, 1.807) is 0 Å². The highest BCUT2D eigenvalue weighted by Crippen LogP contribution is 2.32. The summed E-state index contributed by atoms with van der Waals surface area (Å²) in [5.74, 6) is -3.44. The zero-order valence-electron chi connectivity index (χ0n) is 22.2. The fourth-order valence-corrected chi connectivity index (χ4v) is 5.40. The number of nitrogens with zero attached hydrogens (tertiary/aromatic N) is 2. The van der Waals surface area contributed by atoms with Gasteiger partial charge in [-0.2, -0.15) is 0 Å². The summed E-state index contributed by atoms with van der Waals surface area (Å²) in [6.07, 6.45) is 0.373. The van der Waals surface area contributed by atoms with E-state index in [4.69, 9.17) is 23.2 Å². The predicted octanol–water partition coefficient (Wildman–Crippen LogP) is 4.47. The van der Waals surface area contributed by atoms with Gasteiger partial charge in [0.15, 0.2) is 5.78 Å². The summed E-state index contributed by atoms with van der Waals surface area (Å²) >= 11 is 11.4. The lowest BCUT2D eigenvalue weighted by atomic mass is 9.96. The molecule has 0 saturated heterocycles. The highest BCUT2D eigenvalue weighted by atomic mass is 35.5. The van der Waals surface area contributed by atoms with E-state index in [9.17, 15) is 33.6 Å². The minimum absolute atomic E-state index is 0.0253. The summed E-state index contributed by atoms with van der Waals surface area (Å²) in [7, 11) is 0. The number of hydrogen-bond donors (Lipinski definition) is 0. The predicted molar refractivity (Wildman–Crippen MR) is 146 cm³/mol. The fourth-order valence-electron chi connectivity index (χ4n) is 5.03. The van der Waals surface area contributed by atoms with Gasteiger partial charge in [-0.3, -0.25) is 43.4 Å². The first-order valence-electron chi connectivity index (χ1n) is 12.7. The maximum atomic E-state index is 13.4. The van der Waals surface area contributed by atoms with Gasteiger partial charge in [-0.1, -0.05) is 39.8 Å². The molecule has 0 N–H and O–H groups in total. The molecule has 0 bridgehead atoms. The van der Waals surface area contributed by atoms with Crippen LogP contribution in [-0.4, -0.2) is 61.8 Å². The zero-order chi connectivity index (χ0) is 29.6. The zero-order valence-corrected chi connectivity index (χ0v) is 23.7. The third-order valence-electron chi connectivity index (χ3n) is 6.90. The fraction of sp³-hybridized carbons (Fsp3) is 0.345. The van der Waals surface area contributed by atoms with Crippen molar-refractivity contribution in [3.63, 3.8) is 0 Å². The van der Waals surface area contributed by atoms with E-state index in [0.29, 0.717) is 0 Å². The number of imide groups is 2. The molecule has 2 aliphatic rings. The normalized spacial score (nSPS) is 16.1. The van der Waals surface area contributed by atoms with Crippen LogP contribution >= 0.6 is 23.2 Å². The summed E-state index contributed by atoms with van der Waals surface area (Å²) in [5.41, 5.74) is 0.112. The Morgan fingerprint density at radius 2 is 0.925 bits per heavy atom. The molecular weight excluding hydrogens is 559 g/mol. The van der Waals surface area contributed by atoms with Gasteiger partial charge in [0.25, 0.3) is 23.6 Å². The molecule has 208 valence electrons. The summed E-state index contributed by atoms with van der Waals surface area (Å²) in [6.45, 7) is 7.31. The average molecular weight is 585 g/mol. The monoisotopic (exact) mass is 584 g/mol. The van der Waals surface area contributed by atoms with E-state index >= 15 is 0 Å². The maximum Gasteiger partial charge on any atom is 0.262 e. The Morgan fingerprint density at radius 3 is 1.23 bits per heavy atom. The van der Waals surface area contributed by atoms with E-state index in [0.717, 1.165) is 9.80 Å². The lowest BCUT2D eigenvalue weighted by Gasteiger charge is -2.24. The SMILES string of the molecule is CC(C)CC(C(=O)Cl)N1C(=O)c2ccc(C(=O)c3ccc4c(c3)C(=O)N(C(CC(C)C)C(=O)Cl)C4=O)cc2C1=O. The lowest BCUT2D eigenvalue weighted by molar-refractivity contribution is -0.116. The highest BCUT2D eigenvalue weighted by molar-refractivity contribution is 6.65. The molecule has 2 aromatic carbocycles. The van der Waals surface area contributed by atoms with Gasteiger partial charge in [0, 0.05) is 11.1 Å². The van der Waals surface area contributed by atoms with E-state index in [2.05, 4.69) is 0 Å². The van der Waals surface area contributed by atoms with Crippen LogP contribution in [0.4, 0.5) is 0 Å². The Morgan fingerprint density at radius 1 is 0.600 bits per heavy atom. The number of hydrogen-bond acceptors (Lipinski definition) is 7. The lowest BCUT2D eigenvalue weighted by Crippen LogP contribution is -2.44. The molecule has 0 saturated carbocycles. The molecule has 2 aliphatic heterocycles. The van der Waals surface area contributed by atoms with Crippen LogP contribution in [0.1, 0.15) is 97.9 Å². The Hall–Kier alpha value is -3.69. The number of benzene rings is 2. The standard InChI is InChI=1S/C29H26Cl2N2O7/c1-13(2)9-21(24(30)35)32-26(37)17-7-5-15(11-19(17)28(32)39)23(34)16-6-8-18-20(12-16)29(40)33(27(18)38)22(25(31)36)10-14(3)4/h5-8,11-14,21-22H,9-10H2,1-4H3. The number of fused-ring (bicyclic) bond motifs is 2. The smallest absolute Gasteiger partial charge is 0.262 e. The Kier molecular flexibility index (Phi) is 8.10. The van der Waals surface area contributed by atoms with Crippen molar-refractivity contribution in [2.24, 2.45) is 11.8 Å². The van der Waals surface area contributed by atoms with Crippen molar-refractivity contribution in [1.29, 1.82) is 0 Å². The number of rotatable bonds is 10. The number of carbonyl (C=O) groups is 7. The Balaban J connectivity index is 1.65. The van der Waals surface area contributed by atoms with Crippen LogP contribution in [-0.2, 0) is 9.59 Å². The van der Waals surface area contributed by atoms with Crippen molar-refractivity contribution >= 4 is 63.1 Å². The van der Waals surface area contributed by atoms with Gasteiger partial charge in [0.05, 0.1) is 22.3 Å². The molecule has 2 unspecified atom stereocenters. The minimum Gasteiger partial charge on any atom is -0.289 e. The van der Waals surface area contributed by atoms with Crippen LogP contribution in [0.3, 0.4) is 0 Å². The molecule has 2 heterocycles. The number of amides is 4. The second-order valence-electron chi connectivity index (χ2n) is 10.7. The highest BCUT2D eigenvalue weighted by Gasteiger charge is 2.44. The summed E-state index contributed by atoms with van der Waals surface area (Å²) < 4.78 is 0. The van der Waals surface area contributed by atoms with Crippen LogP contribution < -0.4 is 0 Å². The molecule has 4 rings (SSSR count). The van der Waals surface area contributed by atoms with Gasteiger partial charge in [-0.25, -0.2) is 0 Å². The van der Waals surface area contributed by atoms with Crippen molar-refractivity contribution in [3.05, 3.63) is 69.8 Å². The second-order valence-corrected chi connectivity index (χ2v) is 11.5. The molecule has 2 atom stereocenters. The maximum absolute atomic E-state index is 13.4. The van der Waals surface area contributed by atoms with Gasteiger partial charge >= 0.3 is 0 Å². The van der Waals surface area contributed by atoms with Crippen molar-refractivity contribution in [3.8, 4) is 0 Å². The van der Waals surface area contributed by atoms with Crippen LogP contribution in [0.2, 0.25) is 0 Å². The molecule has 2 aromatic rings. The van der Waals surface area contributed by atoms with E-state index in [1.807, 2.05) is 27.7 Å². The third-order valence-corrected chi connectivity index (χ3v) is 7.40. The van der Waals surface area contributed by atoms with Crippen LogP contribution in [0.5, 0.6) is 0 Å². The van der Waals surface area contributed by atoms with Crippen LogP contribution in [0.25, 0.3) is 0 Å². The molecule has 40 heavy (non-hydrogen) atoms. The molecule has 0 radical (unpaired) electrons. The van der Waals surface area contributed by atoms with Gasteiger partial charge in [-0.15, -0.1) is 0 Å². The van der Waals surface area contributed by atoms with Crippen molar-refractivity contribution in [1.82, 2.24) is 9.80 Å². The summed E-state index contributed by atoms with van der Waals surface area (Å²) in [6, 6.07) is 5.65. The summed E-state index contributed by atoms with van der Waals surface area (Å²) in [5, 5.41) is -1.67. The molecule has 0 spiro atoms. The van der Waals surface area contributed by atoms with E-state index in [-0.39, 0.29) is 58.1 Å². The van der Waals surface area contributed by atoms with Gasteiger partial charge in [0.2, 0.25) is 10.5 Å². The minimum atomic E-state index is -1.14. The van der Waals surface area contributed by atoms with Crippen molar-refractivity contribution in [2.75, 3.05) is 0 Å². The molecule has 9 nitrogen and oxygen atoms in total. The number of carbonyl (C=O) groups excluding carboxylic acids is 7. The van der Waals surface area contributed by atoms with Gasteiger partial charge < -0.3 is 0 Å². The van der Waals surface area contributed by atoms with Crippen LogP contribution in [0, 0.1) is 11.8 Å². The van der Waals surface area contributed by atoms with Crippen molar-refractivity contribution < 1.29 is 33.6 Å². The molecular formula is C29H26Cl2N2O7. The first-order chi connectivity index (χ1) is 18.7. The molecule has 0 aliphatic carbocycles. The van der Waals surface area contributed by atoms with Crippen LogP contribution in [0.15, 0.2) is 36.4 Å². The number of halogens is 2. The van der Waals surface area contributed by atoms with Gasteiger partial charge in [-0.05, 0) is 72.1 Å². The largest absolute Gasteiger partial charge is 0.289 e. The third kappa shape index (κ3) is 5.11. The van der Waals surface area contributed by atoms with E-state index < -0.39 is 52.0 Å². The number of ketones is 1. The first kappa shape index (κ1) is 29.3. The second kappa shape index (κ2) is 11.1. The van der Waals surface area contributed by atoms with E-state index in [1.165, 1.54) is 36.4 Å². The van der Waals surface area contributed by atoms with Gasteiger partial charge in [0.1, 0.15) is 12.1 Å². The molecule has 0 fully saturated rings. The Labute approximate surface area is 240 Å². The summed E-state index contributed by atoms with van der Waals surface area (Å²) in [4.78, 5) is 91.4. The molecule has 4 amide bonds. The molecule has 0 aromatic heterocycles. The topological polar surface area (TPSA) is 126 Å². The Bertz CT molecular complexity index is 1390. The molecule has 11 heteroatoms. The first-order valence-corrected chi connectivity index (χ1v) is 13.5. The average Bonchev–Trinajstić information content (AvgIpc) is 3.28. The quantitative estimate of drug-likeness (QED) is 0.229.